The maximum atomic E-state index is 14.1. The summed E-state index contributed by atoms with van der Waals surface area (Å²) in [6, 6.07) is 11.3. The zero-order valence-electron chi connectivity index (χ0n) is 28.5. The Morgan fingerprint density at radius 2 is 1.83 bits per heavy atom. The van der Waals surface area contributed by atoms with Crippen molar-refractivity contribution >= 4 is 29.6 Å². The molecule has 1 spiro atoms. The number of carbonyl (C=O) groups is 4. The molecule has 2 aliphatic carbocycles. The van der Waals surface area contributed by atoms with Gasteiger partial charge in [0.05, 0.1) is 23.4 Å². The van der Waals surface area contributed by atoms with E-state index in [0.717, 1.165) is 34.4 Å². The number of benzene rings is 1. The van der Waals surface area contributed by atoms with Gasteiger partial charge in [0.2, 0.25) is 17.7 Å². The molecule has 1 saturated heterocycles. The first-order valence-electron chi connectivity index (χ1n) is 16.7. The largest absolute Gasteiger partial charge is 0.444 e. The molecule has 2 aliphatic heterocycles. The van der Waals surface area contributed by atoms with Crippen LogP contribution in [0.25, 0.3) is 0 Å². The Balaban J connectivity index is 1.14. The van der Waals surface area contributed by atoms with E-state index < -0.39 is 22.5 Å². The number of fused-ring (bicyclic) bond motifs is 2. The van der Waals surface area contributed by atoms with Gasteiger partial charge < -0.3 is 30.5 Å². The molecule has 4 aliphatic rings. The predicted octanol–water partition coefficient (Wildman–Crippen LogP) is 4.20. The van der Waals surface area contributed by atoms with Crippen LogP contribution in [0.1, 0.15) is 70.1 Å². The highest BCUT2D eigenvalue weighted by Gasteiger charge is 2.52. The second kappa shape index (κ2) is 12.8. The third kappa shape index (κ3) is 6.74. The summed E-state index contributed by atoms with van der Waals surface area (Å²) in [4.78, 5) is 61.1. The Kier molecular flexibility index (Phi) is 8.93. The van der Waals surface area contributed by atoms with E-state index in [2.05, 4.69) is 20.9 Å². The van der Waals surface area contributed by atoms with Crippen LogP contribution in [0.15, 0.2) is 65.9 Å². The minimum Gasteiger partial charge on any atom is -0.444 e. The van der Waals surface area contributed by atoms with Gasteiger partial charge >= 0.3 is 6.09 Å². The molecule has 1 fully saturated rings. The summed E-state index contributed by atoms with van der Waals surface area (Å²) >= 11 is 0. The lowest BCUT2D eigenvalue weighted by Gasteiger charge is -2.32. The zero-order chi connectivity index (χ0) is 34.3. The first-order valence-corrected chi connectivity index (χ1v) is 16.7. The first kappa shape index (κ1) is 33.4. The fraction of sp³-hybridized carbons (Fsp3) is 0.486. The van der Waals surface area contributed by atoms with Crippen molar-refractivity contribution in [3.05, 3.63) is 82.6 Å². The van der Waals surface area contributed by atoms with Gasteiger partial charge in [0, 0.05) is 38.4 Å². The molecular weight excluding hydrogens is 608 g/mol. The molecule has 3 atom stereocenters. The normalized spacial score (nSPS) is 24.3. The molecule has 3 heterocycles. The third-order valence-electron chi connectivity index (χ3n) is 9.89. The van der Waals surface area contributed by atoms with Crippen molar-refractivity contribution in [2.45, 2.75) is 83.5 Å². The molecule has 0 radical (unpaired) electrons. The maximum absolute atomic E-state index is 14.1. The minimum absolute atomic E-state index is 0.0267. The highest BCUT2D eigenvalue weighted by Crippen LogP contribution is 2.52. The highest BCUT2D eigenvalue weighted by atomic mass is 16.6. The fourth-order valence-electron chi connectivity index (χ4n) is 7.37. The smallest absolute Gasteiger partial charge is 0.410 e. The van der Waals surface area contributed by atoms with E-state index in [4.69, 9.17) is 4.74 Å². The molecule has 2 unspecified atom stereocenters. The number of amides is 4. The van der Waals surface area contributed by atoms with Crippen molar-refractivity contribution in [2.24, 2.45) is 5.41 Å². The SMILES string of the molecule is CN(Cc1ccccc1CN(CC(=O)NC1C=CC2=C(C1)C[C@@]1(C2)C(=O)Nc2ncccc21)C(=O)C1(C)CCNC1)C(=O)OC(C)(C)C. The summed E-state index contributed by atoms with van der Waals surface area (Å²) in [5.74, 6) is 0.270. The Bertz CT molecular complexity index is 1690. The summed E-state index contributed by atoms with van der Waals surface area (Å²) < 4.78 is 5.54. The molecule has 1 aromatic carbocycles. The van der Waals surface area contributed by atoms with Gasteiger partial charge in [-0.2, -0.15) is 0 Å². The summed E-state index contributed by atoms with van der Waals surface area (Å²) in [6.07, 6.45) is 7.77. The molecular formula is C37H46N6O5. The van der Waals surface area contributed by atoms with Crippen LogP contribution in [0.3, 0.4) is 0 Å². The Labute approximate surface area is 282 Å². The van der Waals surface area contributed by atoms with Gasteiger partial charge in [-0.15, -0.1) is 0 Å². The molecule has 11 nitrogen and oxygen atoms in total. The van der Waals surface area contributed by atoms with Crippen LogP contribution in [-0.2, 0) is 37.6 Å². The number of aromatic nitrogens is 1. The zero-order valence-corrected chi connectivity index (χ0v) is 28.5. The Morgan fingerprint density at radius 3 is 2.54 bits per heavy atom. The van der Waals surface area contributed by atoms with E-state index >= 15 is 0 Å². The standard InChI is InChI=1S/C37H46N6O5/c1-35(2,3)48-34(47)42(5)20-25-9-6-7-10-26(25)21-43(33(46)36(4)14-16-38-23-36)22-30(44)40-28-13-12-24-18-37(19-27(24)17-28)29-11-8-15-39-31(29)41-32(37)45/h6-13,15,28,38H,14,16-23H2,1-5H3,(H,40,44)(H,39,41,45)/t28?,36?,37-/m1/s1. The van der Waals surface area contributed by atoms with Crippen molar-refractivity contribution in [1.29, 1.82) is 0 Å². The lowest BCUT2D eigenvalue weighted by atomic mass is 9.78. The highest BCUT2D eigenvalue weighted by molar-refractivity contribution is 6.06. The van der Waals surface area contributed by atoms with Gasteiger partial charge in [-0.1, -0.05) is 48.1 Å². The van der Waals surface area contributed by atoms with Gasteiger partial charge in [0.15, 0.2) is 0 Å². The quantitative estimate of drug-likeness (QED) is 0.389. The number of carbonyl (C=O) groups excluding carboxylic acids is 4. The van der Waals surface area contributed by atoms with E-state index in [1.54, 1.807) is 18.1 Å². The van der Waals surface area contributed by atoms with Crippen molar-refractivity contribution < 1.29 is 23.9 Å². The molecule has 11 heteroatoms. The number of pyridine rings is 1. The average Bonchev–Trinajstić information content (AvgIpc) is 3.72. The van der Waals surface area contributed by atoms with Crippen LogP contribution in [0.2, 0.25) is 0 Å². The molecule has 1 aromatic heterocycles. The molecule has 0 saturated carbocycles. The minimum atomic E-state index is -0.656. The molecule has 2 aromatic rings. The average molecular weight is 655 g/mol. The van der Waals surface area contributed by atoms with Crippen LogP contribution in [0, 0.1) is 5.41 Å². The molecule has 0 bridgehead atoms. The van der Waals surface area contributed by atoms with Crippen molar-refractivity contribution in [3.8, 4) is 0 Å². The first-order chi connectivity index (χ1) is 22.8. The van der Waals surface area contributed by atoms with Gasteiger partial charge in [0.25, 0.3) is 0 Å². The Morgan fingerprint density at radius 1 is 1.08 bits per heavy atom. The molecule has 3 N–H and O–H groups in total. The summed E-state index contributed by atoms with van der Waals surface area (Å²) in [6.45, 7) is 9.13. The van der Waals surface area contributed by atoms with E-state index in [9.17, 15) is 19.2 Å². The van der Waals surface area contributed by atoms with Crippen LogP contribution in [0.4, 0.5) is 10.6 Å². The summed E-state index contributed by atoms with van der Waals surface area (Å²) in [5, 5.41) is 9.40. The second-order valence-corrected chi connectivity index (χ2v) is 14.9. The van der Waals surface area contributed by atoms with Crippen LogP contribution in [-0.4, -0.2) is 76.9 Å². The Hall–Kier alpha value is -4.51. The van der Waals surface area contributed by atoms with Crippen molar-refractivity contribution in [1.82, 2.24) is 25.4 Å². The third-order valence-corrected chi connectivity index (χ3v) is 9.89. The van der Waals surface area contributed by atoms with E-state index in [1.807, 2.05) is 76.2 Å². The maximum Gasteiger partial charge on any atom is 0.410 e. The summed E-state index contributed by atoms with van der Waals surface area (Å²) in [7, 11) is 1.69. The van der Waals surface area contributed by atoms with E-state index in [1.165, 1.54) is 4.90 Å². The van der Waals surface area contributed by atoms with Crippen molar-refractivity contribution in [3.63, 3.8) is 0 Å². The topological polar surface area (TPSA) is 133 Å². The molecule has 6 rings (SSSR count). The number of hydrogen-bond donors (Lipinski definition) is 3. The number of hydrogen-bond acceptors (Lipinski definition) is 7. The van der Waals surface area contributed by atoms with Crippen LogP contribution < -0.4 is 16.0 Å². The van der Waals surface area contributed by atoms with Crippen LogP contribution in [0.5, 0.6) is 0 Å². The monoisotopic (exact) mass is 654 g/mol. The number of nitrogens with zero attached hydrogens (tertiary/aromatic N) is 3. The number of rotatable bonds is 8. The van der Waals surface area contributed by atoms with E-state index in [0.29, 0.717) is 44.6 Å². The predicted molar refractivity (Wildman–Crippen MR) is 182 cm³/mol. The molecule has 4 amide bonds. The fourth-order valence-corrected chi connectivity index (χ4v) is 7.37. The number of nitrogens with one attached hydrogen (secondary N) is 3. The number of anilines is 1. The lowest BCUT2D eigenvalue weighted by molar-refractivity contribution is -0.144. The molecule has 48 heavy (non-hydrogen) atoms. The summed E-state index contributed by atoms with van der Waals surface area (Å²) in [5.41, 5.74) is 3.06. The lowest BCUT2D eigenvalue weighted by Crippen LogP contribution is -2.49. The van der Waals surface area contributed by atoms with Gasteiger partial charge in [0.1, 0.15) is 11.4 Å². The second-order valence-electron chi connectivity index (χ2n) is 14.9. The van der Waals surface area contributed by atoms with Gasteiger partial charge in [-0.05, 0) is 82.7 Å². The number of ether oxygens (including phenoxy) is 1. The van der Waals surface area contributed by atoms with E-state index in [-0.39, 0.29) is 36.9 Å². The molecule has 254 valence electrons. The number of allylic oxidation sites excluding steroid dienone is 2. The van der Waals surface area contributed by atoms with Gasteiger partial charge in [-0.3, -0.25) is 14.4 Å². The van der Waals surface area contributed by atoms with Crippen LogP contribution >= 0.6 is 0 Å². The van der Waals surface area contributed by atoms with Crippen molar-refractivity contribution in [2.75, 3.05) is 32.0 Å². The van der Waals surface area contributed by atoms with Gasteiger partial charge in [-0.25, -0.2) is 9.78 Å².